The van der Waals surface area contributed by atoms with Gasteiger partial charge in [-0.25, -0.2) is 9.78 Å². The van der Waals surface area contributed by atoms with E-state index < -0.39 is 6.09 Å². The molecule has 1 aromatic heterocycles. The number of nitrogens with one attached hydrogen (secondary N) is 3. The molecule has 28 heavy (non-hydrogen) atoms. The van der Waals surface area contributed by atoms with Gasteiger partial charge in [-0.15, -0.1) is 0 Å². The lowest BCUT2D eigenvalue weighted by atomic mass is 10.1. The Morgan fingerprint density at radius 1 is 1.18 bits per heavy atom. The minimum atomic E-state index is -1.03. The maximum Gasteiger partial charge on any atom is 0.404 e. The van der Waals surface area contributed by atoms with Gasteiger partial charge in [0.05, 0.1) is 11.2 Å². The zero-order chi connectivity index (χ0) is 20.5. The molecule has 2 aromatic rings. The predicted octanol–water partition coefficient (Wildman–Crippen LogP) is 5.24. The first kappa shape index (κ1) is 22.2. The van der Waals surface area contributed by atoms with Gasteiger partial charge in [0, 0.05) is 29.4 Å². The molecule has 0 aliphatic rings. The number of unbranched alkanes of at least 4 members (excludes halogenated alkanes) is 2. The molecular weight excluding hydrogens is 448 g/mol. The monoisotopic (exact) mass is 470 g/mol. The Morgan fingerprint density at radius 3 is 2.64 bits per heavy atom. The van der Waals surface area contributed by atoms with Gasteiger partial charge in [-0.05, 0) is 37.5 Å². The number of hydrogen-bond donors (Lipinski definition) is 4. The van der Waals surface area contributed by atoms with Crippen LogP contribution >= 0.6 is 27.5 Å². The molecule has 1 aromatic carbocycles. The number of carbonyl (C=O) groups excluding carboxylic acids is 1. The minimum absolute atomic E-state index is 0.103. The molecule has 4 N–H and O–H groups in total. The highest BCUT2D eigenvalue weighted by Gasteiger charge is 2.16. The fourth-order valence-corrected chi connectivity index (χ4v) is 3.29. The van der Waals surface area contributed by atoms with Crippen LogP contribution in [0.3, 0.4) is 0 Å². The number of hydrogen-bond acceptors (Lipinski definition) is 4. The normalized spacial score (nSPS) is 10.7. The number of nitrogens with zero attached hydrogens (tertiary/aromatic N) is 1. The van der Waals surface area contributed by atoms with Crippen LogP contribution < -0.4 is 16.0 Å². The van der Waals surface area contributed by atoms with Crippen LogP contribution in [-0.4, -0.2) is 35.2 Å². The number of benzene rings is 1. The number of carboxylic acid groups (broad SMARTS) is 1. The number of anilines is 2. The van der Waals surface area contributed by atoms with Gasteiger partial charge in [0.1, 0.15) is 5.69 Å². The predicted molar refractivity (Wildman–Crippen MR) is 116 cm³/mol. The number of rotatable bonds is 10. The van der Waals surface area contributed by atoms with Crippen LogP contribution in [0.15, 0.2) is 22.7 Å². The van der Waals surface area contributed by atoms with Gasteiger partial charge in [-0.1, -0.05) is 40.9 Å². The third-order valence-electron chi connectivity index (χ3n) is 4.11. The van der Waals surface area contributed by atoms with E-state index in [1.165, 1.54) is 0 Å². The van der Waals surface area contributed by atoms with Gasteiger partial charge in [0.25, 0.3) is 0 Å². The van der Waals surface area contributed by atoms with E-state index in [1.54, 1.807) is 0 Å². The van der Waals surface area contributed by atoms with Gasteiger partial charge < -0.3 is 21.1 Å². The van der Waals surface area contributed by atoms with Crippen molar-refractivity contribution in [3.63, 3.8) is 0 Å². The van der Waals surface area contributed by atoms with E-state index in [9.17, 15) is 9.59 Å². The fraction of sp³-hybridized carbons (Fsp3) is 0.421. The van der Waals surface area contributed by atoms with E-state index in [0.717, 1.165) is 34.6 Å². The molecule has 9 heteroatoms. The van der Waals surface area contributed by atoms with Crippen molar-refractivity contribution in [2.24, 2.45) is 0 Å². The number of aromatic nitrogens is 1. The van der Waals surface area contributed by atoms with E-state index in [-0.39, 0.29) is 11.1 Å². The summed E-state index contributed by atoms with van der Waals surface area (Å²) in [4.78, 5) is 27.2. The number of pyridine rings is 1. The quantitative estimate of drug-likeness (QED) is 0.280. The van der Waals surface area contributed by atoms with Gasteiger partial charge in [-0.3, -0.25) is 4.79 Å². The second kappa shape index (κ2) is 11.1. The van der Waals surface area contributed by atoms with E-state index in [4.69, 9.17) is 16.7 Å². The molecule has 1 heterocycles. The largest absolute Gasteiger partial charge is 0.465 e. The van der Waals surface area contributed by atoms with Crippen molar-refractivity contribution >= 4 is 61.8 Å². The van der Waals surface area contributed by atoms with Crippen LogP contribution in [0.25, 0.3) is 10.9 Å². The summed E-state index contributed by atoms with van der Waals surface area (Å²) in [6, 6.07) is 5.66. The lowest BCUT2D eigenvalue weighted by Gasteiger charge is -2.17. The first-order valence-electron chi connectivity index (χ1n) is 9.21. The highest BCUT2D eigenvalue weighted by atomic mass is 79.9. The van der Waals surface area contributed by atoms with Crippen molar-refractivity contribution in [1.82, 2.24) is 10.3 Å². The standard InChI is InChI=1S/C19H24BrClN4O3/c1-2-3-6-15(26)25-17-16(22-9-4-5-10-23-19(27)28)13-11-12(20)7-8-14(13)24-18(17)21/h7-8,11,23H,2-6,9-10H2,1H3,(H,22,24)(H,25,26)(H,27,28). The van der Waals surface area contributed by atoms with Gasteiger partial charge in [0.15, 0.2) is 5.15 Å². The van der Waals surface area contributed by atoms with Crippen LogP contribution in [0.1, 0.15) is 39.0 Å². The lowest BCUT2D eigenvalue weighted by molar-refractivity contribution is -0.116. The molecule has 152 valence electrons. The first-order chi connectivity index (χ1) is 13.4. The molecule has 7 nitrogen and oxygen atoms in total. The molecule has 2 amide bonds. The van der Waals surface area contributed by atoms with E-state index in [2.05, 4.69) is 36.9 Å². The van der Waals surface area contributed by atoms with Crippen LogP contribution in [0.5, 0.6) is 0 Å². The van der Waals surface area contributed by atoms with Crippen LogP contribution in [-0.2, 0) is 4.79 Å². The number of carbonyl (C=O) groups is 2. The topological polar surface area (TPSA) is 103 Å². The minimum Gasteiger partial charge on any atom is -0.465 e. The Morgan fingerprint density at radius 2 is 1.93 bits per heavy atom. The van der Waals surface area contributed by atoms with Crippen LogP contribution in [0.2, 0.25) is 5.15 Å². The van der Waals surface area contributed by atoms with Crippen molar-refractivity contribution in [3.8, 4) is 0 Å². The molecule has 0 atom stereocenters. The van der Waals surface area contributed by atoms with Crippen molar-refractivity contribution in [2.45, 2.75) is 39.0 Å². The summed E-state index contributed by atoms with van der Waals surface area (Å²) < 4.78 is 0.890. The molecule has 0 bridgehead atoms. The Bertz CT molecular complexity index is 848. The van der Waals surface area contributed by atoms with Gasteiger partial charge in [-0.2, -0.15) is 0 Å². The highest BCUT2D eigenvalue weighted by molar-refractivity contribution is 9.10. The Kier molecular flexibility index (Phi) is 8.79. The maximum atomic E-state index is 12.3. The Labute approximate surface area is 177 Å². The molecule has 0 unspecified atom stereocenters. The average molecular weight is 472 g/mol. The zero-order valence-electron chi connectivity index (χ0n) is 15.6. The summed E-state index contributed by atoms with van der Waals surface area (Å²) in [5, 5.41) is 18.3. The molecular formula is C19H24BrClN4O3. The highest BCUT2D eigenvalue weighted by Crippen LogP contribution is 2.37. The molecule has 0 fully saturated rings. The summed E-state index contributed by atoms with van der Waals surface area (Å²) >= 11 is 9.84. The summed E-state index contributed by atoms with van der Waals surface area (Å²) in [6.45, 7) is 3.02. The zero-order valence-corrected chi connectivity index (χ0v) is 18.0. The van der Waals surface area contributed by atoms with Gasteiger partial charge in [0.2, 0.25) is 5.91 Å². The van der Waals surface area contributed by atoms with Gasteiger partial charge >= 0.3 is 6.09 Å². The SMILES string of the molecule is CCCCC(=O)Nc1c(Cl)nc2ccc(Br)cc2c1NCCCCNC(=O)O. The fourth-order valence-electron chi connectivity index (χ4n) is 2.70. The Balaban J connectivity index is 2.22. The van der Waals surface area contributed by atoms with Crippen molar-refractivity contribution < 1.29 is 14.7 Å². The molecule has 0 saturated carbocycles. The lowest BCUT2D eigenvalue weighted by Crippen LogP contribution is -2.22. The van der Waals surface area contributed by atoms with E-state index in [0.29, 0.717) is 37.3 Å². The summed E-state index contributed by atoms with van der Waals surface area (Å²) in [5.41, 5.74) is 1.90. The smallest absolute Gasteiger partial charge is 0.404 e. The molecule has 0 radical (unpaired) electrons. The number of amides is 2. The molecule has 0 spiro atoms. The molecule has 0 aliphatic heterocycles. The summed E-state index contributed by atoms with van der Waals surface area (Å²) in [6.07, 6.45) is 2.57. The van der Waals surface area contributed by atoms with Crippen molar-refractivity contribution in [3.05, 3.63) is 27.8 Å². The average Bonchev–Trinajstić information content (AvgIpc) is 2.65. The van der Waals surface area contributed by atoms with Crippen molar-refractivity contribution in [2.75, 3.05) is 23.7 Å². The van der Waals surface area contributed by atoms with E-state index >= 15 is 0 Å². The van der Waals surface area contributed by atoms with E-state index in [1.807, 2.05) is 25.1 Å². The third kappa shape index (κ3) is 6.53. The van der Waals surface area contributed by atoms with Crippen LogP contribution in [0.4, 0.5) is 16.2 Å². The second-order valence-electron chi connectivity index (χ2n) is 6.33. The summed E-state index contributed by atoms with van der Waals surface area (Å²) in [7, 11) is 0. The Hall–Kier alpha value is -2.06. The molecule has 0 saturated heterocycles. The number of fused-ring (bicyclic) bond motifs is 1. The first-order valence-corrected chi connectivity index (χ1v) is 10.4. The van der Waals surface area contributed by atoms with Crippen molar-refractivity contribution in [1.29, 1.82) is 0 Å². The second-order valence-corrected chi connectivity index (χ2v) is 7.61. The summed E-state index contributed by atoms with van der Waals surface area (Å²) in [5.74, 6) is -0.103. The van der Waals surface area contributed by atoms with Crippen LogP contribution in [0, 0.1) is 0 Å². The molecule has 2 rings (SSSR count). The maximum absolute atomic E-state index is 12.3. The third-order valence-corrected chi connectivity index (χ3v) is 4.87. The number of halogens is 2. The molecule has 0 aliphatic carbocycles.